The molecule has 2 heteroatoms. The molecule has 0 aliphatic heterocycles. The third-order valence-corrected chi connectivity index (χ3v) is 13.3. The van der Waals surface area contributed by atoms with Gasteiger partial charge in [0.2, 0.25) is 0 Å². The molecule has 3 aromatic rings. The van der Waals surface area contributed by atoms with E-state index in [2.05, 4.69) is 97.0 Å². The van der Waals surface area contributed by atoms with Crippen LogP contribution in [0.4, 0.5) is 0 Å². The van der Waals surface area contributed by atoms with Gasteiger partial charge in [0, 0.05) is 9.89 Å². The Labute approximate surface area is 354 Å². The van der Waals surface area contributed by atoms with E-state index < -0.39 is 0 Å². The fraction of sp³-hybridized carbons (Fsp3) is 0.630. The van der Waals surface area contributed by atoms with E-state index in [1.807, 2.05) is 0 Å². The van der Waals surface area contributed by atoms with Gasteiger partial charge in [0.05, 0.1) is 0 Å². The summed E-state index contributed by atoms with van der Waals surface area (Å²) < 4.78 is 7.03. The van der Waals surface area contributed by atoms with E-state index in [-0.39, 0.29) is 5.41 Å². The lowest BCUT2D eigenvalue weighted by atomic mass is 9.70. The van der Waals surface area contributed by atoms with Crippen molar-refractivity contribution in [3.05, 3.63) is 88.9 Å². The van der Waals surface area contributed by atoms with Gasteiger partial charge in [-0.05, 0) is 76.6 Å². The van der Waals surface area contributed by atoms with Gasteiger partial charge in [-0.1, -0.05) is 253 Å². The molecule has 1 aliphatic rings. The average Bonchev–Trinajstić information content (AvgIpc) is 3.48. The summed E-state index contributed by atoms with van der Waals surface area (Å²) >= 11 is 3.91. The van der Waals surface area contributed by atoms with Crippen LogP contribution in [-0.4, -0.2) is 6.61 Å². The van der Waals surface area contributed by atoms with Crippen molar-refractivity contribution >= 4 is 15.9 Å². The van der Waals surface area contributed by atoms with Crippen LogP contribution in [-0.2, 0) is 5.41 Å². The smallest absolute Gasteiger partial charge is 0.119 e. The minimum atomic E-state index is 0.0751. The van der Waals surface area contributed by atoms with Crippen molar-refractivity contribution in [2.75, 3.05) is 6.61 Å². The molecule has 1 nitrogen and oxygen atoms in total. The highest BCUT2D eigenvalue weighted by Crippen LogP contribution is 2.55. The summed E-state index contributed by atoms with van der Waals surface area (Å²) in [7, 11) is 0. The van der Waals surface area contributed by atoms with Crippen molar-refractivity contribution < 1.29 is 4.74 Å². The van der Waals surface area contributed by atoms with Crippen molar-refractivity contribution in [3.8, 4) is 28.0 Å². The highest BCUT2D eigenvalue weighted by Gasteiger charge is 2.42. The van der Waals surface area contributed by atoms with E-state index in [9.17, 15) is 0 Å². The van der Waals surface area contributed by atoms with E-state index in [0.717, 1.165) is 5.75 Å². The van der Waals surface area contributed by atoms with Gasteiger partial charge in [-0.3, -0.25) is 0 Å². The first-order valence-corrected chi connectivity index (χ1v) is 24.7. The standard InChI is InChI=1S/C54H81BrO/c1-4-7-9-11-13-15-17-19-21-23-25-27-29-31-41-54(42-32-30-28-26-24-22-20-18-16-14-12-10-8-5-2)52-44-47(46-33-37-49(38-34-46)56-43-6-3)35-39-50(52)51-40-36-48(55)45-53(51)54/h6,33-40,44-45H,3-5,7-32,41-43H2,1-2H3. The van der Waals surface area contributed by atoms with Crippen LogP contribution < -0.4 is 4.74 Å². The Bertz CT molecular complexity index is 1440. The van der Waals surface area contributed by atoms with E-state index in [1.165, 1.54) is 219 Å². The van der Waals surface area contributed by atoms with Crippen molar-refractivity contribution in [2.45, 2.75) is 212 Å². The SMILES string of the molecule is C=CCOc1ccc(-c2ccc3c(c2)C(CCCCCCCCCCCCCCCC)(CCCCCCCCCCCCCCCC)c2cc(Br)ccc2-3)cc1. The highest BCUT2D eigenvalue weighted by molar-refractivity contribution is 9.10. The van der Waals surface area contributed by atoms with Crippen LogP contribution in [0.2, 0.25) is 0 Å². The third-order valence-electron chi connectivity index (χ3n) is 12.8. The second-order valence-corrected chi connectivity index (χ2v) is 18.3. The number of benzene rings is 3. The van der Waals surface area contributed by atoms with Crippen molar-refractivity contribution in [3.63, 3.8) is 0 Å². The zero-order chi connectivity index (χ0) is 39.5. The molecule has 0 saturated heterocycles. The Morgan fingerprint density at radius 3 is 1.27 bits per heavy atom. The third kappa shape index (κ3) is 15.8. The molecule has 0 atom stereocenters. The molecule has 0 fully saturated rings. The van der Waals surface area contributed by atoms with Crippen LogP contribution in [0.25, 0.3) is 22.3 Å². The van der Waals surface area contributed by atoms with Crippen LogP contribution in [0.15, 0.2) is 77.8 Å². The predicted molar refractivity (Wildman–Crippen MR) is 251 cm³/mol. The molecule has 0 heterocycles. The van der Waals surface area contributed by atoms with E-state index in [1.54, 1.807) is 17.2 Å². The fourth-order valence-corrected chi connectivity index (χ4v) is 9.81. The minimum Gasteiger partial charge on any atom is -0.490 e. The molecule has 1 aliphatic carbocycles. The molecule has 0 saturated carbocycles. The molecule has 0 aromatic heterocycles. The summed E-state index contributed by atoms with van der Waals surface area (Å²) in [4.78, 5) is 0. The Kier molecular flexibility index (Phi) is 23.3. The molecule has 4 rings (SSSR count). The molecular formula is C54H81BrO. The maximum atomic E-state index is 5.82. The molecule has 56 heavy (non-hydrogen) atoms. The van der Waals surface area contributed by atoms with Gasteiger partial charge < -0.3 is 4.74 Å². The molecule has 0 bridgehead atoms. The lowest BCUT2D eigenvalue weighted by Gasteiger charge is -2.33. The van der Waals surface area contributed by atoms with Gasteiger partial charge >= 0.3 is 0 Å². The van der Waals surface area contributed by atoms with Gasteiger partial charge in [0.25, 0.3) is 0 Å². The zero-order valence-electron chi connectivity index (χ0n) is 36.3. The van der Waals surface area contributed by atoms with Crippen LogP contribution in [0.1, 0.15) is 218 Å². The fourth-order valence-electron chi connectivity index (χ4n) is 9.45. The van der Waals surface area contributed by atoms with Gasteiger partial charge in [-0.15, -0.1) is 0 Å². The number of halogens is 1. The minimum absolute atomic E-state index is 0.0751. The Hall–Kier alpha value is -2.32. The van der Waals surface area contributed by atoms with Crippen LogP contribution in [0, 0.1) is 0 Å². The molecule has 0 N–H and O–H groups in total. The number of hydrogen-bond acceptors (Lipinski definition) is 1. The first-order chi connectivity index (χ1) is 27.6. The summed E-state index contributed by atoms with van der Waals surface area (Å²) in [5, 5.41) is 0. The number of unbranched alkanes of at least 4 members (excludes halogenated alkanes) is 26. The molecule has 0 spiro atoms. The average molecular weight is 826 g/mol. The van der Waals surface area contributed by atoms with Crippen LogP contribution in [0.3, 0.4) is 0 Å². The largest absolute Gasteiger partial charge is 0.490 e. The number of rotatable bonds is 34. The van der Waals surface area contributed by atoms with Crippen molar-refractivity contribution in [2.24, 2.45) is 0 Å². The topological polar surface area (TPSA) is 9.23 Å². The summed E-state index contributed by atoms with van der Waals surface area (Å²) in [5.41, 5.74) is 8.70. The van der Waals surface area contributed by atoms with E-state index in [0.29, 0.717) is 6.61 Å². The first kappa shape index (κ1) is 46.4. The summed E-state index contributed by atoms with van der Waals surface area (Å²) in [6.45, 7) is 8.96. The maximum Gasteiger partial charge on any atom is 0.119 e. The molecule has 0 radical (unpaired) electrons. The van der Waals surface area contributed by atoms with Crippen LogP contribution >= 0.6 is 15.9 Å². The summed E-state index contributed by atoms with van der Waals surface area (Å²) in [6.07, 6.45) is 43.7. The molecule has 0 unspecified atom stereocenters. The summed E-state index contributed by atoms with van der Waals surface area (Å²) in [5.74, 6) is 0.900. The van der Waals surface area contributed by atoms with Gasteiger partial charge in [0.15, 0.2) is 0 Å². The molecule has 3 aromatic carbocycles. The van der Waals surface area contributed by atoms with E-state index >= 15 is 0 Å². The summed E-state index contributed by atoms with van der Waals surface area (Å²) in [6, 6.07) is 23.1. The number of hydrogen-bond donors (Lipinski definition) is 0. The maximum absolute atomic E-state index is 5.82. The van der Waals surface area contributed by atoms with Gasteiger partial charge in [0.1, 0.15) is 12.4 Å². The Morgan fingerprint density at radius 1 is 0.464 bits per heavy atom. The Balaban J connectivity index is 1.36. The van der Waals surface area contributed by atoms with Gasteiger partial charge in [-0.2, -0.15) is 0 Å². The van der Waals surface area contributed by atoms with Crippen LogP contribution in [0.5, 0.6) is 5.75 Å². The quantitative estimate of drug-likeness (QED) is 0.0431. The number of fused-ring (bicyclic) bond motifs is 3. The highest BCUT2D eigenvalue weighted by atomic mass is 79.9. The van der Waals surface area contributed by atoms with Crippen molar-refractivity contribution in [1.82, 2.24) is 0 Å². The molecular weight excluding hydrogens is 744 g/mol. The first-order valence-electron chi connectivity index (χ1n) is 23.9. The molecule has 0 amide bonds. The van der Waals surface area contributed by atoms with E-state index in [4.69, 9.17) is 4.74 Å². The number of ether oxygens (including phenoxy) is 1. The second-order valence-electron chi connectivity index (χ2n) is 17.3. The lowest BCUT2D eigenvalue weighted by molar-refractivity contribution is 0.363. The molecule has 310 valence electrons. The van der Waals surface area contributed by atoms with Crippen molar-refractivity contribution in [1.29, 1.82) is 0 Å². The Morgan fingerprint density at radius 2 is 0.839 bits per heavy atom. The second kappa shape index (κ2) is 28.2. The lowest BCUT2D eigenvalue weighted by Crippen LogP contribution is -2.25. The zero-order valence-corrected chi connectivity index (χ0v) is 37.9. The monoisotopic (exact) mass is 825 g/mol. The van der Waals surface area contributed by atoms with Gasteiger partial charge in [-0.25, -0.2) is 0 Å². The predicted octanol–water partition coefficient (Wildman–Crippen LogP) is 18.7. The normalized spacial score (nSPS) is 12.8.